The third-order valence-corrected chi connectivity index (χ3v) is 4.66. The van der Waals surface area contributed by atoms with Gasteiger partial charge in [-0.25, -0.2) is 0 Å². The van der Waals surface area contributed by atoms with Crippen LogP contribution in [0.15, 0.2) is 48.6 Å². The highest BCUT2D eigenvalue weighted by atomic mass is 16.5. The molecule has 0 aliphatic carbocycles. The van der Waals surface area contributed by atoms with Gasteiger partial charge in [0.1, 0.15) is 0 Å². The molecule has 160 valence electrons. The minimum Gasteiger partial charge on any atom is -0.466 e. The standard InChI is InChI=1S/C26H44O2/c1-3-5-7-9-11-13-15-16-18-20-22-24-26(27)28-25-23-21-19-17-14-12-10-8-6-4-2/h3-10H,11-25H2,1-2H3/b5-3-,6-4-,9-7-,10-8-. The molecule has 0 aromatic carbocycles. The normalized spacial score (nSPS) is 12.2. The van der Waals surface area contributed by atoms with E-state index in [-0.39, 0.29) is 5.97 Å². The molecule has 0 aromatic rings. The Morgan fingerprint density at radius 3 is 1.61 bits per heavy atom. The van der Waals surface area contributed by atoms with Crippen LogP contribution in [0.4, 0.5) is 0 Å². The number of unbranched alkanes of at least 4 members (excludes halogenated alkanes) is 11. The largest absolute Gasteiger partial charge is 0.466 e. The Kier molecular flexibility index (Phi) is 22.2. The van der Waals surface area contributed by atoms with Crippen molar-refractivity contribution in [1.82, 2.24) is 0 Å². The van der Waals surface area contributed by atoms with Crippen LogP contribution >= 0.6 is 0 Å². The smallest absolute Gasteiger partial charge is 0.305 e. The molecule has 2 nitrogen and oxygen atoms in total. The maximum absolute atomic E-state index is 11.7. The Labute approximate surface area is 174 Å². The van der Waals surface area contributed by atoms with Gasteiger partial charge in [0.25, 0.3) is 0 Å². The average molecular weight is 389 g/mol. The fraction of sp³-hybridized carbons (Fsp3) is 0.654. The van der Waals surface area contributed by atoms with Gasteiger partial charge in [-0.1, -0.05) is 93.6 Å². The van der Waals surface area contributed by atoms with Crippen molar-refractivity contribution < 1.29 is 9.53 Å². The minimum absolute atomic E-state index is 0.0109. The summed E-state index contributed by atoms with van der Waals surface area (Å²) in [5, 5.41) is 0. The van der Waals surface area contributed by atoms with E-state index in [1.165, 1.54) is 51.4 Å². The highest BCUT2D eigenvalue weighted by Gasteiger charge is 2.02. The van der Waals surface area contributed by atoms with Gasteiger partial charge in [-0.05, 0) is 52.4 Å². The fourth-order valence-corrected chi connectivity index (χ4v) is 2.96. The van der Waals surface area contributed by atoms with Gasteiger partial charge in [0.05, 0.1) is 6.61 Å². The quantitative estimate of drug-likeness (QED) is 0.126. The van der Waals surface area contributed by atoms with Crippen molar-refractivity contribution >= 4 is 5.97 Å². The van der Waals surface area contributed by atoms with Gasteiger partial charge in [0.15, 0.2) is 0 Å². The number of hydrogen-bond donors (Lipinski definition) is 0. The molecule has 0 aromatic heterocycles. The molecule has 0 fully saturated rings. The average Bonchev–Trinajstić information content (AvgIpc) is 2.70. The molecule has 0 amide bonds. The third-order valence-electron chi connectivity index (χ3n) is 4.66. The van der Waals surface area contributed by atoms with E-state index in [0.29, 0.717) is 13.0 Å². The van der Waals surface area contributed by atoms with Gasteiger partial charge in [-0.15, -0.1) is 0 Å². The zero-order valence-electron chi connectivity index (χ0n) is 18.5. The summed E-state index contributed by atoms with van der Waals surface area (Å²) in [6.07, 6.45) is 33.0. The van der Waals surface area contributed by atoms with Crippen molar-refractivity contribution in [2.75, 3.05) is 6.61 Å². The summed E-state index contributed by atoms with van der Waals surface area (Å²) >= 11 is 0. The molecule has 0 bridgehead atoms. The number of esters is 1. The van der Waals surface area contributed by atoms with E-state index in [0.717, 1.165) is 32.1 Å². The molecule has 0 unspecified atom stereocenters. The summed E-state index contributed by atoms with van der Waals surface area (Å²) in [7, 11) is 0. The fourth-order valence-electron chi connectivity index (χ4n) is 2.96. The van der Waals surface area contributed by atoms with Crippen molar-refractivity contribution in [2.24, 2.45) is 0 Å². The highest BCUT2D eigenvalue weighted by molar-refractivity contribution is 5.69. The molecule has 2 heteroatoms. The van der Waals surface area contributed by atoms with Gasteiger partial charge in [0, 0.05) is 6.42 Å². The van der Waals surface area contributed by atoms with E-state index in [2.05, 4.69) is 42.5 Å². The Morgan fingerprint density at radius 1 is 0.607 bits per heavy atom. The molecule has 0 atom stereocenters. The van der Waals surface area contributed by atoms with Crippen LogP contribution in [0.25, 0.3) is 0 Å². The summed E-state index contributed by atoms with van der Waals surface area (Å²) in [6.45, 7) is 4.67. The van der Waals surface area contributed by atoms with Crippen LogP contribution in [-0.2, 0) is 9.53 Å². The second-order valence-electron chi connectivity index (χ2n) is 7.34. The lowest BCUT2D eigenvalue weighted by Gasteiger charge is -2.05. The second kappa shape index (κ2) is 23.5. The van der Waals surface area contributed by atoms with Crippen molar-refractivity contribution in [3.05, 3.63) is 48.6 Å². The van der Waals surface area contributed by atoms with E-state index < -0.39 is 0 Å². The summed E-state index contributed by atoms with van der Waals surface area (Å²) in [6, 6.07) is 0. The molecule has 0 saturated carbocycles. The number of rotatable bonds is 19. The summed E-state index contributed by atoms with van der Waals surface area (Å²) in [5.41, 5.74) is 0. The van der Waals surface area contributed by atoms with E-state index >= 15 is 0 Å². The first-order chi connectivity index (χ1) is 13.8. The molecule has 0 spiro atoms. The lowest BCUT2D eigenvalue weighted by molar-refractivity contribution is -0.143. The Bertz CT molecular complexity index is 403. The molecule has 0 radical (unpaired) electrons. The van der Waals surface area contributed by atoms with Crippen LogP contribution in [-0.4, -0.2) is 12.6 Å². The molecule has 0 N–H and O–H groups in total. The number of ether oxygens (including phenoxy) is 1. The summed E-state index contributed by atoms with van der Waals surface area (Å²) in [4.78, 5) is 11.7. The summed E-state index contributed by atoms with van der Waals surface area (Å²) < 4.78 is 5.34. The maximum atomic E-state index is 11.7. The maximum Gasteiger partial charge on any atom is 0.305 e. The Morgan fingerprint density at radius 2 is 1.07 bits per heavy atom. The molecule has 0 aliphatic rings. The third kappa shape index (κ3) is 22.5. The van der Waals surface area contributed by atoms with Crippen molar-refractivity contribution in [3.8, 4) is 0 Å². The summed E-state index contributed by atoms with van der Waals surface area (Å²) in [5.74, 6) is -0.0109. The van der Waals surface area contributed by atoms with Crippen LogP contribution in [0.1, 0.15) is 104 Å². The number of carbonyl (C=O) groups excluding carboxylic acids is 1. The van der Waals surface area contributed by atoms with Gasteiger partial charge >= 0.3 is 5.97 Å². The number of hydrogen-bond acceptors (Lipinski definition) is 2. The Balaban J connectivity index is 3.25. The van der Waals surface area contributed by atoms with E-state index in [4.69, 9.17) is 4.74 Å². The molecule has 0 heterocycles. The molecule has 0 aliphatic heterocycles. The predicted molar refractivity (Wildman–Crippen MR) is 124 cm³/mol. The van der Waals surface area contributed by atoms with Gasteiger partial charge in [0.2, 0.25) is 0 Å². The van der Waals surface area contributed by atoms with Crippen LogP contribution in [0.3, 0.4) is 0 Å². The first-order valence-electron chi connectivity index (χ1n) is 11.5. The molecular formula is C26H44O2. The predicted octanol–water partition coefficient (Wildman–Crippen LogP) is 8.26. The zero-order valence-corrected chi connectivity index (χ0v) is 18.5. The minimum atomic E-state index is -0.0109. The van der Waals surface area contributed by atoms with E-state index in [1.807, 2.05) is 19.9 Å². The van der Waals surface area contributed by atoms with Gasteiger partial charge < -0.3 is 4.74 Å². The topological polar surface area (TPSA) is 26.3 Å². The van der Waals surface area contributed by atoms with Crippen LogP contribution in [0.2, 0.25) is 0 Å². The number of carbonyl (C=O) groups is 1. The van der Waals surface area contributed by atoms with Crippen molar-refractivity contribution in [3.63, 3.8) is 0 Å². The lowest BCUT2D eigenvalue weighted by Crippen LogP contribution is -2.05. The molecule has 0 rings (SSSR count). The van der Waals surface area contributed by atoms with Gasteiger partial charge in [-0.3, -0.25) is 4.79 Å². The first-order valence-corrected chi connectivity index (χ1v) is 11.5. The SMILES string of the molecule is C/C=C\C=C/CCCCCCCCC(=O)OCCCCCCC/C=C\C=C/C. The highest BCUT2D eigenvalue weighted by Crippen LogP contribution is 2.10. The lowest BCUT2D eigenvalue weighted by atomic mass is 10.1. The van der Waals surface area contributed by atoms with Crippen LogP contribution < -0.4 is 0 Å². The van der Waals surface area contributed by atoms with Crippen LogP contribution in [0.5, 0.6) is 0 Å². The monoisotopic (exact) mass is 388 g/mol. The second-order valence-corrected chi connectivity index (χ2v) is 7.34. The van der Waals surface area contributed by atoms with Crippen molar-refractivity contribution in [1.29, 1.82) is 0 Å². The molecule has 0 saturated heterocycles. The molecule has 28 heavy (non-hydrogen) atoms. The Hall–Kier alpha value is -1.57. The zero-order chi connectivity index (χ0) is 20.5. The van der Waals surface area contributed by atoms with E-state index in [9.17, 15) is 4.79 Å². The number of allylic oxidation sites excluding steroid dienone is 8. The first kappa shape index (κ1) is 26.4. The van der Waals surface area contributed by atoms with Crippen molar-refractivity contribution in [2.45, 2.75) is 104 Å². The van der Waals surface area contributed by atoms with E-state index in [1.54, 1.807) is 0 Å². The van der Waals surface area contributed by atoms with Crippen LogP contribution in [0, 0.1) is 0 Å². The molecular weight excluding hydrogens is 344 g/mol. The van der Waals surface area contributed by atoms with Gasteiger partial charge in [-0.2, -0.15) is 0 Å².